The van der Waals surface area contributed by atoms with Gasteiger partial charge in [0, 0.05) is 31.6 Å². The van der Waals surface area contributed by atoms with E-state index in [1.54, 1.807) is 7.11 Å². The Morgan fingerprint density at radius 1 is 1.03 bits per heavy atom. The van der Waals surface area contributed by atoms with Gasteiger partial charge in [-0.1, -0.05) is 50.2 Å². The number of anilines is 2. The highest BCUT2D eigenvalue weighted by Crippen LogP contribution is 2.28. The van der Waals surface area contributed by atoms with E-state index < -0.39 is 0 Å². The van der Waals surface area contributed by atoms with E-state index >= 15 is 0 Å². The Balaban J connectivity index is 1.56. The van der Waals surface area contributed by atoms with Crippen LogP contribution in [0.15, 0.2) is 54.6 Å². The zero-order valence-electron chi connectivity index (χ0n) is 17.4. The fraction of sp³-hybridized carbons (Fsp3) is 0.333. The first kappa shape index (κ1) is 19.2. The molecule has 150 valence electrons. The number of nitrogens with zero attached hydrogens (tertiary/aromatic N) is 3. The lowest BCUT2D eigenvalue weighted by Crippen LogP contribution is -2.31. The van der Waals surface area contributed by atoms with Crippen molar-refractivity contribution >= 4 is 11.6 Å². The molecule has 0 unspecified atom stereocenters. The van der Waals surface area contributed by atoms with Gasteiger partial charge >= 0.3 is 0 Å². The van der Waals surface area contributed by atoms with E-state index in [1.807, 2.05) is 12.1 Å². The quantitative estimate of drug-likeness (QED) is 0.658. The van der Waals surface area contributed by atoms with Crippen LogP contribution in [0.2, 0.25) is 0 Å². The van der Waals surface area contributed by atoms with Crippen molar-refractivity contribution in [2.45, 2.75) is 39.3 Å². The highest BCUT2D eigenvalue weighted by atomic mass is 16.5. The molecule has 1 N–H and O–H groups in total. The molecule has 5 nitrogen and oxygen atoms in total. The van der Waals surface area contributed by atoms with Gasteiger partial charge in [-0.3, -0.25) is 0 Å². The third-order valence-electron chi connectivity index (χ3n) is 5.31. The van der Waals surface area contributed by atoms with E-state index in [1.165, 1.54) is 16.7 Å². The van der Waals surface area contributed by atoms with Gasteiger partial charge in [-0.25, -0.2) is 9.97 Å². The molecule has 0 bridgehead atoms. The first-order chi connectivity index (χ1) is 14.1. The summed E-state index contributed by atoms with van der Waals surface area (Å²) in [5.41, 5.74) is 3.93. The molecule has 1 aliphatic heterocycles. The molecule has 0 atom stereocenters. The number of hydrogen-bond donors (Lipinski definition) is 1. The van der Waals surface area contributed by atoms with Crippen molar-refractivity contribution in [1.82, 2.24) is 9.97 Å². The Hall–Kier alpha value is -3.08. The molecule has 3 aromatic rings. The molecule has 0 saturated carbocycles. The van der Waals surface area contributed by atoms with Crippen LogP contribution in [0.4, 0.5) is 11.6 Å². The Morgan fingerprint density at radius 3 is 2.62 bits per heavy atom. The zero-order chi connectivity index (χ0) is 20.2. The summed E-state index contributed by atoms with van der Waals surface area (Å²) in [6, 6.07) is 18.8. The summed E-state index contributed by atoms with van der Waals surface area (Å²) in [5.74, 6) is 3.93. The standard InChI is InChI=1S/C24H28N4O/c1-17(2)24-26-22(25-15-18-7-5-4-6-8-18)14-23(27-24)28-12-11-19-13-21(29-3)10-9-20(19)16-28/h4-10,13-14,17H,11-12,15-16H2,1-3H3,(H,25,26,27). The normalized spacial score (nSPS) is 13.3. The van der Waals surface area contributed by atoms with Crippen LogP contribution in [0.25, 0.3) is 0 Å². The number of aromatic nitrogens is 2. The maximum absolute atomic E-state index is 5.37. The summed E-state index contributed by atoms with van der Waals surface area (Å²) in [7, 11) is 1.72. The molecule has 0 fully saturated rings. The van der Waals surface area contributed by atoms with E-state index in [0.717, 1.165) is 49.3 Å². The smallest absolute Gasteiger partial charge is 0.135 e. The molecule has 29 heavy (non-hydrogen) atoms. The molecule has 5 heteroatoms. The number of methoxy groups -OCH3 is 1. The van der Waals surface area contributed by atoms with Gasteiger partial charge < -0.3 is 15.0 Å². The maximum Gasteiger partial charge on any atom is 0.135 e. The second-order valence-corrected chi connectivity index (χ2v) is 7.77. The van der Waals surface area contributed by atoms with Crippen LogP contribution in [-0.2, 0) is 19.5 Å². The van der Waals surface area contributed by atoms with Crippen LogP contribution in [0.3, 0.4) is 0 Å². The van der Waals surface area contributed by atoms with Gasteiger partial charge in [-0.2, -0.15) is 0 Å². The first-order valence-corrected chi connectivity index (χ1v) is 10.2. The van der Waals surface area contributed by atoms with E-state index in [9.17, 15) is 0 Å². The summed E-state index contributed by atoms with van der Waals surface area (Å²) in [4.78, 5) is 12.0. The summed E-state index contributed by atoms with van der Waals surface area (Å²) in [6.07, 6.45) is 0.986. The van der Waals surface area contributed by atoms with E-state index in [-0.39, 0.29) is 5.92 Å². The van der Waals surface area contributed by atoms with Gasteiger partial charge in [-0.05, 0) is 35.2 Å². The van der Waals surface area contributed by atoms with Crippen LogP contribution in [0.5, 0.6) is 5.75 Å². The molecule has 0 radical (unpaired) electrons. The predicted molar refractivity (Wildman–Crippen MR) is 118 cm³/mol. The fourth-order valence-electron chi connectivity index (χ4n) is 3.60. The summed E-state index contributed by atoms with van der Waals surface area (Å²) in [6.45, 7) is 6.81. The topological polar surface area (TPSA) is 50.3 Å². The predicted octanol–water partition coefficient (Wildman–Crippen LogP) is 4.78. The van der Waals surface area contributed by atoms with Gasteiger partial charge in [0.05, 0.1) is 7.11 Å². The number of fused-ring (bicyclic) bond motifs is 1. The minimum absolute atomic E-state index is 0.272. The largest absolute Gasteiger partial charge is 0.497 e. The number of nitrogens with one attached hydrogen (secondary N) is 1. The molecule has 1 aromatic heterocycles. The number of ether oxygens (including phenoxy) is 1. The zero-order valence-corrected chi connectivity index (χ0v) is 17.4. The van der Waals surface area contributed by atoms with Gasteiger partial charge in [0.25, 0.3) is 0 Å². The van der Waals surface area contributed by atoms with Crippen molar-refractivity contribution in [1.29, 1.82) is 0 Å². The fourth-order valence-corrected chi connectivity index (χ4v) is 3.60. The minimum atomic E-state index is 0.272. The van der Waals surface area contributed by atoms with Gasteiger partial charge in [0.15, 0.2) is 0 Å². The molecule has 0 aliphatic carbocycles. The van der Waals surface area contributed by atoms with Crippen LogP contribution >= 0.6 is 0 Å². The van der Waals surface area contributed by atoms with E-state index in [0.29, 0.717) is 0 Å². The van der Waals surface area contributed by atoms with E-state index in [2.05, 4.69) is 66.5 Å². The molecule has 0 spiro atoms. The third kappa shape index (κ3) is 4.50. The highest BCUT2D eigenvalue weighted by Gasteiger charge is 2.20. The van der Waals surface area contributed by atoms with Crippen molar-refractivity contribution in [3.05, 3.63) is 77.1 Å². The lowest BCUT2D eigenvalue weighted by atomic mass is 9.99. The van der Waals surface area contributed by atoms with Crippen molar-refractivity contribution in [3.8, 4) is 5.75 Å². The van der Waals surface area contributed by atoms with E-state index in [4.69, 9.17) is 14.7 Å². The summed E-state index contributed by atoms with van der Waals surface area (Å²) >= 11 is 0. The Morgan fingerprint density at radius 2 is 1.86 bits per heavy atom. The van der Waals surface area contributed by atoms with Gasteiger partial charge in [0.2, 0.25) is 0 Å². The molecule has 2 aromatic carbocycles. The molecule has 2 heterocycles. The van der Waals surface area contributed by atoms with Crippen molar-refractivity contribution in [2.75, 3.05) is 23.9 Å². The van der Waals surface area contributed by atoms with Crippen LogP contribution in [0, 0.1) is 0 Å². The van der Waals surface area contributed by atoms with Crippen molar-refractivity contribution < 1.29 is 4.74 Å². The lowest BCUT2D eigenvalue weighted by molar-refractivity contribution is 0.413. The number of benzene rings is 2. The summed E-state index contributed by atoms with van der Waals surface area (Å²) < 4.78 is 5.37. The van der Waals surface area contributed by atoms with Crippen LogP contribution in [0.1, 0.15) is 42.3 Å². The monoisotopic (exact) mass is 388 g/mol. The first-order valence-electron chi connectivity index (χ1n) is 10.2. The van der Waals surface area contributed by atoms with Crippen LogP contribution < -0.4 is 15.0 Å². The van der Waals surface area contributed by atoms with Gasteiger partial charge in [-0.15, -0.1) is 0 Å². The summed E-state index contributed by atoms with van der Waals surface area (Å²) in [5, 5.41) is 3.48. The van der Waals surface area contributed by atoms with Crippen molar-refractivity contribution in [3.63, 3.8) is 0 Å². The minimum Gasteiger partial charge on any atom is -0.497 e. The molecule has 0 saturated heterocycles. The average molecular weight is 389 g/mol. The average Bonchev–Trinajstić information content (AvgIpc) is 2.77. The molecule has 4 rings (SSSR count). The number of hydrogen-bond acceptors (Lipinski definition) is 5. The van der Waals surface area contributed by atoms with Crippen molar-refractivity contribution in [2.24, 2.45) is 0 Å². The molecule has 0 amide bonds. The van der Waals surface area contributed by atoms with Crippen LogP contribution in [-0.4, -0.2) is 23.6 Å². The lowest BCUT2D eigenvalue weighted by Gasteiger charge is -2.30. The number of rotatable bonds is 6. The second kappa shape index (κ2) is 8.52. The SMILES string of the molecule is COc1ccc2c(c1)CCN(c1cc(NCc3ccccc3)nc(C(C)C)n1)C2. The Labute approximate surface area is 172 Å². The maximum atomic E-state index is 5.37. The Kier molecular flexibility index (Phi) is 5.65. The molecular weight excluding hydrogens is 360 g/mol. The highest BCUT2D eigenvalue weighted by molar-refractivity contribution is 5.52. The third-order valence-corrected chi connectivity index (χ3v) is 5.31. The second-order valence-electron chi connectivity index (χ2n) is 7.77. The Bertz CT molecular complexity index is 972. The van der Waals surface area contributed by atoms with Gasteiger partial charge in [0.1, 0.15) is 23.2 Å². The molecule has 1 aliphatic rings. The molecular formula is C24H28N4O.